The maximum atomic E-state index is 5.17. The largest absolute Gasteiger partial charge is 0.372 e. The molecule has 78 valence electrons. The van der Waals surface area contributed by atoms with Crippen LogP contribution in [0.4, 0.5) is 0 Å². The Kier molecular flexibility index (Phi) is 4.20. The SMILES string of the molecule is CCCCCC(C)(C)NCC1CO1. The number of epoxide rings is 1. The van der Waals surface area contributed by atoms with Gasteiger partial charge in [0.25, 0.3) is 0 Å². The molecule has 0 aromatic heterocycles. The van der Waals surface area contributed by atoms with E-state index in [4.69, 9.17) is 4.74 Å². The molecule has 1 aliphatic heterocycles. The van der Waals surface area contributed by atoms with Gasteiger partial charge in [-0.25, -0.2) is 0 Å². The molecule has 1 heterocycles. The molecule has 0 aromatic carbocycles. The Morgan fingerprint density at radius 3 is 2.62 bits per heavy atom. The normalized spacial score (nSPS) is 21.9. The van der Waals surface area contributed by atoms with Crippen LogP contribution in [-0.2, 0) is 4.74 Å². The molecule has 1 unspecified atom stereocenters. The summed E-state index contributed by atoms with van der Waals surface area (Å²) >= 11 is 0. The van der Waals surface area contributed by atoms with E-state index < -0.39 is 0 Å². The fraction of sp³-hybridized carbons (Fsp3) is 1.00. The maximum absolute atomic E-state index is 5.17. The lowest BCUT2D eigenvalue weighted by Crippen LogP contribution is -2.41. The predicted octanol–water partition coefficient (Wildman–Crippen LogP) is 2.33. The second kappa shape index (κ2) is 4.97. The van der Waals surface area contributed by atoms with Crippen molar-refractivity contribution < 1.29 is 4.74 Å². The van der Waals surface area contributed by atoms with Gasteiger partial charge >= 0.3 is 0 Å². The van der Waals surface area contributed by atoms with E-state index in [0.717, 1.165) is 13.2 Å². The fourth-order valence-electron chi connectivity index (χ4n) is 1.48. The van der Waals surface area contributed by atoms with Crippen molar-refractivity contribution in [1.29, 1.82) is 0 Å². The summed E-state index contributed by atoms with van der Waals surface area (Å²) in [5, 5.41) is 3.55. The highest BCUT2D eigenvalue weighted by atomic mass is 16.6. The van der Waals surface area contributed by atoms with Crippen LogP contribution in [0.5, 0.6) is 0 Å². The van der Waals surface area contributed by atoms with Crippen LogP contribution in [0.1, 0.15) is 46.5 Å². The van der Waals surface area contributed by atoms with Crippen molar-refractivity contribution in [3.63, 3.8) is 0 Å². The maximum Gasteiger partial charge on any atom is 0.0934 e. The lowest BCUT2D eigenvalue weighted by atomic mass is 9.96. The molecule has 0 saturated carbocycles. The standard InChI is InChI=1S/C11H23NO/c1-4-5-6-7-11(2,3)12-8-10-9-13-10/h10,12H,4-9H2,1-3H3. The molecule has 1 rings (SSSR count). The third-order valence-electron chi connectivity index (χ3n) is 2.62. The summed E-state index contributed by atoms with van der Waals surface area (Å²) in [6, 6.07) is 0. The molecule has 0 aromatic rings. The Labute approximate surface area is 82.0 Å². The van der Waals surface area contributed by atoms with E-state index in [0.29, 0.717) is 11.6 Å². The predicted molar refractivity (Wildman–Crippen MR) is 56.0 cm³/mol. The van der Waals surface area contributed by atoms with E-state index in [1.165, 1.54) is 25.7 Å². The van der Waals surface area contributed by atoms with Gasteiger partial charge in [0.2, 0.25) is 0 Å². The highest BCUT2D eigenvalue weighted by Crippen LogP contribution is 2.15. The fourth-order valence-corrected chi connectivity index (χ4v) is 1.48. The summed E-state index contributed by atoms with van der Waals surface area (Å²) in [6.45, 7) is 8.80. The second-order valence-electron chi connectivity index (χ2n) is 4.68. The Morgan fingerprint density at radius 1 is 1.38 bits per heavy atom. The van der Waals surface area contributed by atoms with Crippen LogP contribution in [0.2, 0.25) is 0 Å². The molecule has 0 spiro atoms. The molecular formula is C11H23NO. The Morgan fingerprint density at radius 2 is 2.08 bits per heavy atom. The van der Waals surface area contributed by atoms with Crippen molar-refractivity contribution in [2.24, 2.45) is 0 Å². The van der Waals surface area contributed by atoms with Gasteiger partial charge in [0.1, 0.15) is 0 Å². The lowest BCUT2D eigenvalue weighted by Gasteiger charge is -2.26. The molecule has 1 atom stereocenters. The van der Waals surface area contributed by atoms with Crippen LogP contribution in [0.15, 0.2) is 0 Å². The smallest absolute Gasteiger partial charge is 0.0934 e. The van der Waals surface area contributed by atoms with Crippen molar-refractivity contribution >= 4 is 0 Å². The molecule has 0 bridgehead atoms. The molecule has 1 aliphatic rings. The minimum absolute atomic E-state index is 0.293. The van der Waals surface area contributed by atoms with Gasteiger partial charge in [-0.2, -0.15) is 0 Å². The minimum Gasteiger partial charge on any atom is -0.372 e. The first kappa shape index (κ1) is 11.0. The van der Waals surface area contributed by atoms with Crippen LogP contribution in [0.25, 0.3) is 0 Å². The number of unbranched alkanes of at least 4 members (excludes halogenated alkanes) is 2. The number of nitrogens with one attached hydrogen (secondary N) is 1. The van der Waals surface area contributed by atoms with Gasteiger partial charge in [-0.3, -0.25) is 0 Å². The van der Waals surface area contributed by atoms with Gasteiger partial charge in [-0.05, 0) is 20.3 Å². The molecule has 1 fully saturated rings. The molecular weight excluding hydrogens is 162 g/mol. The zero-order chi connectivity index (χ0) is 9.73. The zero-order valence-electron chi connectivity index (χ0n) is 9.23. The van der Waals surface area contributed by atoms with E-state index >= 15 is 0 Å². The average molecular weight is 185 g/mol. The lowest BCUT2D eigenvalue weighted by molar-refractivity contribution is 0.318. The Bertz CT molecular complexity index is 141. The van der Waals surface area contributed by atoms with E-state index in [2.05, 4.69) is 26.1 Å². The van der Waals surface area contributed by atoms with Crippen LogP contribution >= 0.6 is 0 Å². The molecule has 2 nitrogen and oxygen atoms in total. The van der Waals surface area contributed by atoms with Crippen LogP contribution < -0.4 is 5.32 Å². The first-order chi connectivity index (χ1) is 6.14. The Hall–Kier alpha value is -0.0800. The number of rotatable bonds is 7. The van der Waals surface area contributed by atoms with Gasteiger partial charge in [0, 0.05) is 12.1 Å². The van der Waals surface area contributed by atoms with E-state index in [1.54, 1.807) is 0 Å². The third kappa shape index (κ3) is 5.27. The number of hydrogen-bond acceptors (Lipinski definition) is 2. The van der Waals surface area contributed by atoms with Gasteiger partial charge < -0.3 is 10.1 Å². The third-order valence-corrected chi connectivity index (χ3v) is 2.62. The molecule has 13 heavy (non-hydrogen) atoms. The first-order valence-corrected chi connectivity index (χ1v) is 5.51. The number of ether oxygens (including phenoxy) is 1. The summed E-state index contributed by atoms with van der Waals surface area (Å²) in [4.78, 5) is 0. The van der Waals surface area contributed by atoms with Gasteiger partial charge in [-0.1, -0.05) is 26.2 Å². The summed E-state index contributed by atoms with van der Waals surface area (Å²) in [5.41, 5.74) is 0.293. The molecule has 0 aliphatic carbocycles. The van der Waals surface area contributed by atoms with Crippen LogP contribution in [0, 0.1) is 0 Å². The van der Waals surface area contributed by atoms with Gasteiger partial charge in [-0.15, -0.1) is 0 Å². The van der Waals surface area contributed by atoms with Crippen molar-refractivity contribution in [1.82, 2.24) is 5.32 Å². The van der Waals surface area contributed by atoms with Gasteiger partial charge in [0.15, 0.2) is 0 Å². The van der Waals surface area contributed by atoms with Gasteiger partial charge in [0.05, 0.1) is 12.7 Å². The minimum atomic E-state index is 0.293. The van der Waals surface area contributed by atoms with Crippen molar-refractivity contribution in [2.75, 3.05) is 13.2 Å². The summed E-state index contributed by atoms with van der Waals surface area (Å²) < 4.78 is 5.17. The summed E-state index contributed by atoms with van der Waals surface area (Å²) in [5.74, 6) is 0. The van der Waals surface area contributed by atoms with Crippen LogP contribution in [-0.4, -0.2) is 24.8 Å². The highest BCUT2D eigenvalue weighted by molar-refractivity contribution is 4.81. The zero-order valence-corrected chi connectivity index (χ0v) is 9.23. The quantitative estimate of drug-likeness (QED) is 0.486. The molecule has 1 N–H and O–H groups in total. The Balaban J connectivity index is 2.03. The molecule has 1 saturated heterocycles. The van der Waals surface area contributed by atoms with Crippen molar-refractivity contribution in [2.45, 2.75) is 58.1 Å². The molecule has 0 radical (unpaired) electrons. The monoisotopic (exact) mass is 185 g/mol. The number of hydrogen-bond donors (Lipinski definition) is 1. The summed E-state index contributed by atoms with van der Waals surface area (Å²) in [7, 11) is 0. The van der Waals surface area contributed by atoms with Crippen molar-refractivity contribution in [3.8, 4) is 0 Å². The van der Waals surface area contributed by atoms with E-state index in [-0.39, 0.29) is 0 Å². The first-order valence-electron chi connectivity index (χ1n) is 5.51. The summed E-state index contributed by atoms with van der Waals surface area (Å²) in [6.07, 6.45) is 5.77. The van der Waals surface area contributed by atoms with Crippen molar-refractivity contribution in [3.05, 3.63) is 0 Å². The van der Waals surface area contributed by atoms with E-state index in [1.807, 2.05) is 0 Å². The average Bonchev–Trinajstić information content (AvgIpc) is 2.84. The van der Waals surface area contributed by atoms with E-state index in [9.17, 15) is 0 Å². The molecule has 0 amide bonds. The second-order valence-corrected chi connectivity index (χ2v) is 4.68. The highest BCUT2D eigenvalue weighted by Gasteiger charge is 2.25. The topological polar surface area (TPSA) is 24.6 Å². The van der Waals surface area contributed by atoms with Crippen LogP contribution in [0.3, 0.4) is 0 Å². The molecule has 2 heteroatoms.